The molecule has 17 heavy (non-hydrogen) atoms. The van der Waals surface area contributed by atoms with Crippen molar-refractivity contribution in [2.45, 2.75) is 32.1 Å². The van der Waals surface area contributed by atoms with Crippen molar-refractivity contribution in [3.8, 4) is 0 Å². The van der Waals surface area contributed by atoms with E-state index in [1.807, 2.05) is 0 Å². The monoisotopic (exact) mass is 241 g/mol. The lowest BCUT2D eigenvalue weighted by Crippen LogP contribution is -2.31. The fraction of sp³-hybridized carbons (Fsp3) is 0.923. The molecule has 0 aromatic heterocycles. The normalized spacial score (nSPS) is 21.8. The van der Waals surface area contributed by atoms with Crippen LogP contribution in [-0.4, -0.2) is 49.3 Å². The molecule has 2 fully saturated rings. The van der Waals surface area contributed by atoms with Crippen LogP contribution in [0.2, 0.25) is 0 Å². The Labute approximate surface area is 103 Å². The minimum Gasteiger partial charge on any atom is -0.481 e. The smallest absolute Gasteiger partial charge is 0.303 e. The van der Waals surface area contributed by atoms with Crippen LogP contribution in [-0.2, 0) is 9.53 Å². The highest BCUT2D eigenvalue weighted by atomic mass is 16.5. The van der Waals surface area contributed by atoms with Gasteiger partial charge in [0.2, 0.25) is 0 Å². The SMILES string of the molecule is CN(CCOCC1CC1)CC1(CC(=O)O)CC1. The average Bonchev–Trinajstić information content (AvgIpc) is 3.10. The molecular weight excluding hydrogens is 218 g/mol. The Hall–Kier alpha value is -0.610. The second-order valence-electron chi connectivity index (χ2n) is 5.83. The molecule has 0 heterocycles. The van der Waals surface area contributed by atoms with E-state index in [1.165, 1.54) is 12.8 Å². The predicted octanol–water partition coefficient (Wildman–Crippen LogP) is 1.60. The number of likely N-dealkylation sites (N-methyl/N-ethyl adjacent to an activating group) is 1. The molecule has 0 atom stereocenters. The Morgan fingerprint density at radius 2 is 2.18 bits per heavy atom. The van der Waals surface area contributed by atoms with E-state index in [-0.39, 0.29) is 5.41 Å². The zero-order valence-electron chi connectivity index (χ0n) is 10.7. The van der Waals surface area contributed by atoms with E-state index >= 15 is 0 Å². The molecule has 2 saturated carbocycles. The summed E-state index contributed by atoms with van der Waals surface area (Å²) in [6.45, 7) is 3.49. The van der Waals surface area contributed by atoms with E-state index in [9.17, 15) is 4.79 Å². The number of carboxylic acid groups (broad SMARTS) is 1. The fourth-order valence-electron chi connectivity index (χ4n) is 2.29. The standard InChI is InChI=1S/C13H23NO3/c1-14(6-7-17-9-11-2-3-11)10-13(4-5-13)8-12(15)16/h11H,2-10H2,1H3,(H,15,16). The first-order valence-electron chi connectivity index (χ1n) is 6.58. The Morgan fingerprint density at radius 1 is 1.47 bits per heavy atom. The molecule has 0 spiro atoms. The van der Waals surface area contributed by atoms with Crippen LogP contribution in [0.3, 0.4) is 0 Å². The second kappa shape index (κ2) is 5.36. The molecule has 1 N–H and O–H groups in total. The molecule has 0 aromatic carbocycles. The number of hydrogen-bond donors (Lipinski definition) is 1. The van der Waals surface area contributed by atoms with Gasteiger partial charge in [-0.15, -0.1) is 0 Å². The molecule has 98 valence electrons. The van der Waals surface area contributed by atoms with Gasteiger partial charge in [0, 0.05) is 19.7 Å². The van der Waals surface area contributed by atoms with Crippen molar-refractivity contribution in [3.05, 3.63) is 0 Å². The van der Waals surface area contributed by atoms with Crippen LogP contribution in [0.5, 0.6) is 0 Å². The average molecular weight is 241 g/mol. The molecular formula is C13H23NO3. The molecule has 0 bridgehead atoms. The summed E-state index contributed by atoms with van der Waals surface area (Å²) in [6.07, 6.45) is 5.11. The third-order valence-corrected chi connectivity index (χ3v) is 3.76. The van der Waals surface area contributed by atoms with Crippen molar-refractivity contribution in [1.29, 1.82) is 0 Å². The number of ether oxygens (including phenoxy) is 1. The van der Waals surface area contributed by atoms with E-state index < -0.39 is 5.97 Å². The molecule has 0 aromatic rings. The predicted molar refractivity (Wildman–Crippen MR) is 65.0 cm³/mol. The Bertz CT molecular complexity index is 272. The largest absolute Gasteiger partial charge is 0.481 e. The van der Waals surface area contributed by atoms with Crippen LogP contribution < -0.4 is 0 Å². The summed E-state index contributed by atoms with van der Waals surface area (Å²) >= 11 is 0. The maximum atomic E-state index is 10.7. The van der Waals surface area contributed by atoms with Gasteiger partial charge in [-0.1, -0.05) is 0 Å². The van der Waals surface area contributed by atoms with Gasteiger partial charge in [-0.25, -0.2) is 0 Å². The third-order valence-electron chi connectivity index (χ3n) is 3.76. The van der Waals surface area contributed by atoms with Gasteiger partial charge in [0.05, 0.1) is 13.0 Å². The lowest BCUT2D eigenvalue weighted by atomic mass is 10.0. The van der Waals surface area contributed by atoms with E-state index in [0.29, 0.717) is 6.42 Å². The molecule has 0 radical (unpaired) electrons. The highest BCUT2D eigenvalue weighted by molar-refractivity contribution is 5.68. The summed E-state index contributed by atoms with van der Waals surface area (Å²) in [5.41, 5.74) is 0.0665. The number of rotatable bonds is 9. The summed E-state index contributed by atoms with van der Waals surface area (Å²) in [6, 6.07) is 0. The highest BCUT2D eigenvalue weighted by Gasteiger charge is 2.44. The Kier molecular flexibility index (Phi) is 4.05. The van der Waals surface area contributed by atoms with E-state index in [1.54, 1.807) is 0 Å². The zero-order chi connectivity index (χ0) is 12.3. The fourth-order valence-corrected chi connectivity index (χ4v) is 2.29. The van der Waals surface area contributed by atoms with E-state index in [0.717, 1.165) is 45.1 Å². The molecule has 0 unspecified atom stereocenters. The van der Waals surface area contributed by atoms with Gasteiger partial charge in [-0.05, 0) is 44.1 Å². The maximum Gasteiger partial charge on any atom is 0.303 e. The van der Waals surface area contributed by atoms with Crippen molar-refractivity contribution in [3.63, 3.8) is 0 Å². The molecule has 0 amide bonds. The number of aliphatic carboxylic acids is 1. The number of hydrogen-bond acceptors (Lipinski definition) is 3. The lowest BCUT2D eigenvalue weighted by molar-refractivity contribution is -0.138. The highest BCUT2D eigenvalue weighted by Crippen LogP contribution is 2.49. The molecule has 0 aliphatic heterocycles. The maximum absolute atomic E-state index is 10.7. The second-order valence-corrected chi connectivity index (χ2v) is 5.83. The number of nitrogens with zero attached hydrogens (tertiary/aromatic N) is 1. The van der Waals surface area contributed by atoms with Crippen LogP contribution in [0.25, 0.3) is 0 Å². The van der Waals surface area contributed by atoms with Crippen molar-refractivity contribution in [2.75, 3.05) is 33.4 Å². The first-order valence-corrected chi connectivity index (χ1v) is 6.58. The third kappa shape index (κ3) is 4.64. The summed E-state index contributed by atoms with van der Waals surface area (Å²) in [5, 5.41) is 8.84. The summed E-state index contributed by atoms with van der Waals surface area (Å²) in [7, 11) is 2.06. The first-order chi connectivity index (χ1) is 8.10. The first kappa shape index (κ1) is 12.8. The molecule has 4 nitrogen and oxygen atoms in total. The Morgan fingerprint density at radius 3 is 2.71 bits per heavy atom. The van der Waals surface area contributed by atoms with Gasteiger partial charge in [0.15, 0.2) is 0 Å². The summed E-state index contributed by atoms with van der Waals surface area (Å²) in [4.78, 5) is 12.9. The Balaban J connectivity index is 1.56. The number of carbonyl (C=O) groups is 1. The van der Waals surface area contributed by atoms with Crippen molar-refractivity contribution < 1.29 is 14.6 Å². The van der Waals surface area contributed by atoms with Crippen molar-refractivity contribution >= 4 is 5.97 Å². The summed E-state index contributed by atoms with van der Waals surface area (Å²) < 4.78 is 5.59. The quantitative estimate of drug-likeness (QED) is 0.623. The molecule has 2 aliphatic rings. The van der Waals surface area contributed by atoms with Gasteiger partial charge in [0.1, 0.15) is 0 Å². The number of carboxylic acids is 1. The van der Waals surface area contributed by atoms with Crippen molar-refractivity contribution in [1.82, 2.24) is 4.90 Å². The van der Waals surface area contributed by atoms with Gasteiger partial charge in [-0.3, -0.25) is 4.79 Å². The minimum atomic E-state index is -0.666. The lowest BCUT2D eigenvalue weighted by Gasteiger charge is -2.22. The van der Waals surface area contributed by atoms with Crippen LogP contribution in [0.15, 0.2) is 0 Å². The van der Waals surface area contributed by atoms with Crippen LogP contribution in [0.1, 0.15) is 32.1 Å². The van der Waals surface area contributed by atoms with Gasteiger partial charge in [0.25, 0.3) is 0 Å². The molecule has 4 heteroatoms. The van der Waals surface area contributed by atoms with E-state index in [4.69, 9.17) is 9.84 Å². The van der Waals surface area contributed by atoms with Gasteiger partial charge < -0.3 is 14.7 Å². The molecule has 0 saturated heterocycles. The van der Waals surface area contributed by atoms with Gasteiger partial charge in [-0.2, -0.15) is 0 Å². The molecule has 2 aliphatic carbocycles. The van der Waals surface area contributed by atoms with E-state index in [2.05, 4.69) is 11.9 Å². The minimum absolute atomic E-state index is 0.0665. The van der Waals surface area contributed by atoms with Crippen LogP contribution in [0, 0.1) is 11.3 Å². The molecule has 2 rings (SSSR count). The summed E-state index contributed by atoms with van der Waals surface area (Å²) in [5.74, 6) is 0.156. The van der Waals surface area contributed by atoms with Crippen LogP contribution in [0.4, 0.5) is 0 Å². The van der Waals surface area contributed by atoms with Crippen molar-refractivity contribution in [2.24, 2.45) is 11.3 Å². The topological polar surface area (TPSA) is 49.8 Å². The zero-order valence-corrected chi connectivity index (χ0v) is 10.7. The van der Waals surface area contributed by atoms with Gasteiger partial charge >= 0.3 is 5.97 Å². The van der Waals surface area contributed by atoms with Crippen LogP contribution >= 0.6 is 0 Å².